The maximum atomic E-state index is 6.13. The predicted molar refractivity (Wildman–Crippen MR) is 98.3 cm³/mol. The first-order valence-corrected chi connectivity index (χ1v) is 8.81. The molecule has 1 aromatic heterocycles. The molecule has 1 aromatic carbocycles. The molecule has 0 atom stereocenters. The number of benzene rings is 1. The molecule has 0 saturated carbocycles. The summed E-state index contributed by atoms with van der Waals surface area (Å²) in [5.41, 5.74) is 1.23. The number of aromatic nitrogens is 2. The van der Waals surface area contributed by atoms with Crippen molar-refractivity contribution in [2.75, 3.05) is 31.2 Å². The molecule has 6 nitrogen and oxygen atoms in total. The Labute approximate surface area is 148 Å². The first-order chi connectivity index (χ1) is 11.9. The normalized spacial score (nSPS) is 22.6. The minimum Gasteiger partial charge on any atom is -0.399 e. The fraction of sp³-hybridized carbons (Fsp3) is 0.556. The SMILES string of the molecule is CC1(C)OB(c2ccc3nc(N4CCOCC4)ncc3c2)OC1(C)C. The highest BCUT2D eigenvalue weighted by atomic mass is 16.7. The van der Waals surface area contributed by atoms with Gasteiger partial charge in [-0.05, 0) is 39.2 Å². The molecule has 0 aliphatic carbocycles. The molecule has 0 bridgehead atoms. The summed E-state index contributed by atoms with van der Waals surface area (Å²) in [5.74, 6) is 0.763. The number of ether oxygens (including phenoxy) is 1. The summed E-state index contributed by atoms with van der Waals surface area (Å²) in [5, 5.41) is 0.990. The molecule has 25 heavy (non-hydrogen) atoms. The quantitative estimate of drug-likeness (QED) is 0.776. The number of hydrogen-bond donors (Lipinski definition) is 0. The average Bonchev–Trinajstić information content (AvgIpc) is 2.82. The van der Waals surface area contributed by atoms with Crippen LogP contribution in [0.25, 0.3) is 10.9 Å². The monoisotopic (exact) mass is 341 g/mol. The van der Waals surface area contributed by atoms with Crippen molar-refractivity contribution in [3.05, 3.63) is 24.4 Å². The maximum Gasteiger partial charge on any atom is 0.494 e. The van der Waals surface area contributed by atoms with Gasteiger partial charge in [-0.1, -0.05) is 12.1 Å². The second kappa shape index (κ2) is 5.93. The fourth-order valence-electron chi connectivity index (χ4n) is 3.08. The van der Waals surface area contributed by atoms with E-state index in [0.717, 1.165) is 48.6 Å². The Hall–Kier alpha value is -1.70. The van der Waals surface area contributed by atoms with Crippen molar-refractivity contribution in [3.63, 3.8) is 0 Å². The van der Waals surface area contributed by atoms with Crippen molar-refractivity contribution in [2.45, 2.75) is 38.9 Å². The predicted octanol–water partition coefficient (Wildman–Crippen LogP) is 1.77. The van der Waals surface area contributed by atoms with Crippen LogP contribution in [0.3, 0.4) is 0 Å². The highest BCUT2D eigenvalue weighted by Gasteiger charge is 2.51. The van der Waals surface area contributed by atoms with E-state index in [1.807, 2.05) is 18.3 Å². The Kier molecular flexibility index (Phi) is 3.98. The smallest absolute Gasteiger partial charge is 0.399 e. The van der Waals surface area contributed by atoms with Crippen LogP contribution in [0.15, 0.2) is 24.4 Å². The third-order valence-electron chi connectivity index (χ3n) is 5.41. The molecule has 0 radical (unpaired) electrons. The number of nitrogens with zero attached hydrogens (tertiary/aromatic N) is 3. The summed E-state index contributed by atoms with van der Waals surface area (Å²) in [6, 6.07) is 6.10. The molecule has 2 aromatic rings. The van der Waals surface area contributed by atoms with Crippen molar-refractivity contribution < 1.29 is 14.0 Å². The molecule has 4 rings (SSSR count). The van der Waals surface area contributed by atoms with Crippen LogP contribution in [-0.4, -0.2) is 54.6 Å². The number of rotatable bonds is 2. The van der Waals surface area contributed by atoms with E-state index in [0.29, 0.717) is 0 Å². The molecule has 2 saturated heterocycles. The van der Waals surface area contributed by atoms with E-state index in [1.54, 1.807) is 0 Å². The molecular formula is C18H24BN3O3. The lowest BCUT2D eigenvalue weighted by Crippen LogP contribution is -2.41. The van der Waals surface area contributed by atoms with E-state index in [1.165, 1.54) is 0 Å². The van der Waals surface area contributed by atoms with Crippen LogP contribution in [-0.2, 0) is 14.0 Å². The van der Waals surface area contributed by atoms with Crippen molar-refractivity contribution in [2.24, 2.45) is 0 Å². The molecule has 3 heterocycles. The highest BCUT2D eigenvalue weighted by molar-refractivity contribution is 6.62. The zero-order valence-corrected chi connectivity index (χ0v) is 15.3. The van der Waals surface area contributed by atoms with Gasteiger partial charge in [-0.2, -0.15) is 0 Å². The molecule has 132 valence electrons. The summed E-state index contributed by atoms with van der Waals surface area (Å²) in [4.78, 5) is 11.4. The molecule has 2 aliphatic rings. The van der Waals surface area contributed by atoms with Crippen LogP contribution < -0.4 is 10.4 Å². The van der Waals surface area contributed by atoms with Crippen molar-refractivity contribution >= 4 is 29.4 Å². The van der Waals surface area contributed by atoms with Crippen LogP contribution in [0.1, 0.15) is 27.7 Å². The Morgan fingerprint density at radius 1 is 1.04 bits per heavy atom. The van der Waals surface area contributed by atoms with Gasteiger partial charge in [0.1, 0.15) is 0 Å². The molecule has 0 amide bonds. The maximum absolute atomic E-state index is 6.13. The summed E-state index contributed by atoms with van der Waals surface area (Å²) in [6.07, 6.45) is 1.88. The van der Waals surface area contributed by atoms with E-state index in [2.05, 4.69) is 43.6 Å². The average molecular weight is 341 g/mol. The van der Waals surface area contributed by atoms with Crippen molar-refractivity contribution in [1.82, 2.24) is 9.97 Å². The number of anilines is 1. The summed E-state index contributed by atoms with van der Waals surface area (Å²) in [7, 11) is -0.367. The number of fused-ring (bicyclic) bond motifs is 1. The van der Waals surface area contributed by atoms with E-state index in [-0.39, 0.29) is 18.3 Å². The molecule has 7 heteroatoms. The summed E-state index contributed by atoms with van der Waals surface area (Å²) in [6.45, 7) is 11.4. The van der Waals surface area contributed by atoms with Gasteiger partial charge in [0.05, 0.1) is 29.9 Å². The highest BCUT2D eigenvalue weighted by Crippen LogP contribution is 2.36. The van der Waals surface area contributed by atoms with Gasteiger partial charge in [0.2, 0.25) is 5.95 Å². The van der Waals surface area contributed by atoms with Gasteiger partial charge < -0.3 is 18.9 Å². The molecular weight excluding hydrogens is 317 g/mol. The van der Waals surface area contributed by atoms with Crippen LogP contribution in [0.2, 0.25) is 0 Å². The van der Waals surface area contributed by atoms with Crippen LogP contribution >= 0.6 is 0 Å². The lowest BCUT2D eigenvalue weighted by atomic mass is 9.78. The van der Waals surface area contributed by atoms with Gasteiger partial charge in [-0.3, -0.25) is 0 Å². The molecule has 2 fully saturated rings. The molecule has 0 N–H and O–H groups in total. The van der Waals surface area contributed by atoms with E-state index in [9.17, 15) is 0 Å². The molecule has 0 spiro atoms. The minimum atomic E-state index is -0.367. The van der Waals surface area contributed by atoms with Crippen LogP contribution in [0.4, 0.5) is 5.95 Å². The minimum absolute atomic E-state index is 0.344. The second-order valence-corrected chi connectivity index (χ2v) is 7.68. The van der Waals surface area contributed by atoms with Crippen molar-refractivity contribution in [1.29, 1.82) is 0 Å². The first-order valence-electron chi connectivity index (χ1n) is 8.81. The molecule has 2 aliphatic heterocycles. The van der Waals surface area contributed by atoms with E-state index >= 15 is 0 Å². The van der Waals surface area contributed by atoms with Gasteiger partial charge in [-0.15, -0.1) is 0 Å². The number of hydrogen-bond acceptors (Lipinski definition) is 6. The Bertz CT molecular complexity index is 774. The van der Waals surface area contributed by atoms with Gasteiger partial charge in [0, 0.05) is 24.7 Å². The first kappa shape index (κ1) is 16.8. The lowest BCUT2D eigenvalue weighted by Gasteiger charge is -2.32. The van der Waals surface area contributed by atoms with Gasteiger partial charge in [0.25, 0.3) is 0 Å². The zero-order chi connectivity index (χ0) is 17.7. The Morgan fingerprint density at radius 3 is 2.40 bits per heavy atom. The van der Waals surface area contributed by atoms with Gasteiger partial charge in [-0.25, -0.2) is 9.97 Å². The van der Waals surface area contributed by atoms with Gasteiger partial charge >= 0.3 is 7.12 Å². The third-order valence-corrected chi connectivity index (χ3v) is 5.41. The van der Waals surface area contributed by atoms with E-state index < -0.39 is 0 Å². The molecule has 0 unspecified atom stereocenters. The number of morpholine rings is 1. The van der Waals surface area contributed by atoms with Gasteiger partial charge in [0.15, 0.2) is 0 Å². The Balaban J connectivity index is 1.61. The largest absolute Gasteiger partial charge is 0.494 e. The van der Waals surface area contributed by atoms with E-state index in [4.69, 9.17) is 19.0 Å². The second-order valence-electron chi connectivity index (χ2n) is 7.68. The third kappa shape index (κ3) is 3.01. The van der Waals surface area contributed by atoms with Crippen molar-refractivity contribution in [3.8, 4) is 0 Å². The standard InChI is InChI=1S/C18H24BN3O3/c1-17(2)18(3,4)25-19(24-17)14-5-6-15-13(11-14)12-20-16(21-15)22-7-9-23-10-8-22/h5-6,11-12H,7-10H2,1-4H3. The zero-order valence-electron chi connectivity index (χ0n) is 15.3. The fourth-order valence-corrected chi connectivity index (χ4v) is 3.08. The topological polar surface area (TPSA) is 56.7 Å². The summed E-state index contributed by atoms with van der Waals surface area (Å²) < 4.78 is 17.7. The summed E-state index contributed by atoms with van der Waals surface area (Å²) >= 11 is 0. The Morgan fingerprint density at radius 2 is 1.72 bits per heavy atom. The van der Waals surface area contributed by atoms with Crippen LogP contribution in [0.5, 0.6) is 0 Å². The lowest BCUT2D eigenvalue weighted by molar-refractivity contribution is 0.00578. The van der Waals surface area contributed by atoms with Crippen LogP contribution in [0, 0.1) is 0 Å².